The normalized spacial score (nSPS) is 20.9. The van der Waals surface area contributed by atoms with E-state index in [1.165, 1.54) is 12.5 Å². The molecule has 0 heterocycles. The van der Waals surface area contributed by atoms with Crippen molar-refractivity contribution >= 4 is 5.97 Å². The van der Waals surface area contributed by atoms with Crippen molar-refractivity contribution in [3.05, 3.63) is 29.6 Å². The van der Waals surface area contributed by atoms with Gasteiger partial charge in [-0.15, -0.1) is 0 Å². The number of carboxylic acids is 1. The van der Waals surface area contributed by atoms with Gasteiger partial charge in [0, 0.05) is 0 Å². The maximum Gasteiger partial charge on any atom is 0.314 e. The lowest BCUT2D eigenvalue weighted by Gasteiger charge is -2.38. The first kappa shape index (κ1) is 13.4. The third-order valence-electron chi connectivity index (χ3n) is 4.80. The maximum absolute atomic E-state index is 14.1. The summed E-state index contributed by atoms with van der Waals surface area (Å²) in [6, 6.07) is 4.61. The van der Waals surface area contributed by atoms with E-state index in [-0.39, 0.29) is 5.75 Å². The molecule has 0 atom stereocenters. The molecule has 0 aliphatic heterocycles. The smallest absolute Gasteiger partial charge is 0.314 e. The minimum absolute atomic E-state index is 0.237. The van der Waals surface area contributed by atoms with E-state index in [1.54, 1.807) is 12.1 Å². The maximum atomic E-state index is 14.1. The second-order valence-corrected chi connectivity index (χ2v) is 5.99. The summed E-state index contributed by atoms with van der Waals surface area (Å²) in [5.74, 6) is -0.521. The summed E-state index contributed by atoms with van der Waals surface area (Å²) in [4.78, 5) is 11.4. The van der Waals surface area contributed by atoms with Crippen LogP contribution >= 0.6 is 0 Å². The highest BCUT2D eigenvalue weighted by Crippen LogP contribution is 2.44. The van der Waals surface area contributed by atoms with Crippen LogP contribution in [0, 0.1) is 11.7 Å². The fourth-order valence-corrected chi connectivity index (χ4v) is 2.94. The van der Waals surface area contributed by atoms with Crippen LogP contribution in [0.2, 0.25) is 0 Å². The SMILES string of the molecule is O=C(O)C1(c2ccc(OCC3CCC3)c(F)c2)CCC1. The second-order valence-electron chi connectivity index (χ2n) is 5.99. The molecular weight excluding hydrogens is 259 g/mol. The van der Waals surface area contributed by atoms with Gasteiger partial charge < -0.3 is 9.84 Å². The van der Waals surface area contributed by atoms with Gasteiger partial charge in [-0.1, -0.05) is 18.9 Å². The highest BCUT2D eigenvalue weighted by Gasteiger charge is 2.46. The number of aliphatic carboxylic acids is 1. The van der Waals surface area contributed by atoms with Crippen molar-refractivity contribution in [2.24, 2.45) is 5.92 Å². The Kier molecular flexibility index (Phi) is 3.40. The molecule has 2 aliphatic carbocycles. The standard InChI is InChI=1S/C16H19FO3/c17-13-9-12(16(15(18)19)7-2-8-16)5-6-14(13)20-10-11-3-1-4-11/h5-6,9,11H,1-4,7-8,10H2,(H,18,19). The molecule has 2 saturated carbocycles. The average molecular weight is 278 g/mol. The van der Waals surface area contributed by atoms with E-state index in [0.29, 0.717) is 30.9 Å². The second kappa shape index (κ2) is 5.08. The van der Waals surface area contributed by atoms with Gasteiger partial charge in [0.05, 0.1) is 12.0 Å². The third kappa shape index (κ3) is 2.17. The first-order valence-electron chi connectivity index (χ1n) is 7.28. The molecule has 3 nitrogen and oxygen atoms in total. The molecule has 1 aromatic rings. The van der Waals surface area contributed by atoms with Gasteiger partial charge in [-0.3, -0.25) is 4.79 Å². The summed E-state index contributed by atoms with van der Waals surface area (Å²) < 4.78 is 19.6. The minimum atomic E-state index is -0.882. The Morgan fingerprint density at radius 1 is 1.35 bits per heavy atom. The monoisotopic (exact) mass is 278 g/mol. The molecule has 108 valence electrons. The fourth-order valence-electron chi connectivity index (χ4n) is 2.94. The van der Waals surface area contributed by atoms with Crippen LogP contribution in [0.15, 0.2) is 18.2 Å². The molecule has 0 saturated heterocycles. The number of carboxylic acid groups (broad SMARTS) is 1. The summed E-state index contributed by atoms with van der Waals surface area (Å²) >= 11 is 0. The van der Waals surface area contributed by atoms with Gasteiger partial charge in [-0.05, 0) is 49.3 Å². The molecule has 0 radical (unpaired) electrons. The highest BCUT2D eigenvalue weighted by atomic mass is 19.1. The van der Waals surface area contributed by atoms with E-state index < -0.39 is 17.2 Å². The molecule has 0 bridgehead atoms. The predicted octanol–water partition coefficient (Wildman–Crippen LogP) is 3.51. The number of benzene rings is 1. The zero-order valence-electron chi connectivity index (χ0n) is 11.4. The Hall–Kier alpha value is -1.58. The molecule has 4 heteroatoms. The predicted molar refractivity (Wildman–Crippen MR) is 72.4 cm³/mol. The van der Waals surface area contributed by atoms with Crippen LogP contribution in [0.4, 0.5) is 4.39 Å². The Morgan fingerprint density at radius 2 is 2.10 bits per heavy atom. The van der Waals surface area contributed by atoms with E-state index in [4.69, 9.17) is 4.74 Å². The topological polar surface area (TPSA) is 46.5 Å². The van der Waals surface area contributed by atoms with Crippen molar-refractivity contribution < 1.29 is 19.0 Å². The van der Waals surface area contributed by atoms with Crippen molar-refractivity contribution in [1.29, 1.82) is 0 Å². The molecule has 3 rings (SSSR count). The molecule has 0 unspecified atom stereocenters. The lowest BCUT2D eigenvalue weighted by atomic mass is 9.64. The summed E-state index contributed by atoms with van der Waals surface area (Å²) in [6.45, 7) is 0.556. The molecule has 2 fully saturated rings. The van der Waals surface area contributed by atoms with E-state index in [0.717, 1.165) is 19.3 Å². The van der Waals surface area contributed by atoms with Crippen LogP contribution in [0.1, 0.15) is 44.1 Å². The van der Waals surface area contributed by atoms with Crippen molar-refractivity contribution in [2.75, 3.05) is 6.61 Å². The van der Waals surface area contributed by atoms with Gasteiger partial charge in [0.2, 0.25) is 0 Å². The van der Waals surface area contributed by atoms with Crippen molar-refractivity contribution in [3.63, 3.8) is 0 Å². The zero-order chi connectivity index (χ0) is 14.2. The summed E-state index contributed by atoms with van der Waals surface area (Å²) in [5.41, 5.74) is -0.322. The molecule has 1 N–H and O–H groups in total. The van der Waals surface area contributed by atoms with Crippen LogP contribution in [0.25, 0.3) is 0 Å². The van der Waals surface area contributed by atoms with Gasteiger partial charge >= 0.3 is 5.97 Å². The van der Waals surface area contributed by atoms with Gasteiger partial charge in [0.1, 0.15) is 0 Å². The van der Waals surface area contributed by atoms with Crippen LogP contribution in [-0.4, -0.2) is 17.7 Å². The number of hydrogen-bond acceptors (Lipinski definition) is 2. The third-order valence-corrected chi connectivity index (χ3v) is 4.80. The summed E-state index contributed by atoms with van der Waals surface area (Å²) in [7, 11) is 0. The molecule has 20 heavy (non-hydrogen) atoms. The van der Waals surface area contributed by atoms with E-state index in [9.17, 15) is 14.3 Å². The number of ether oxygens (including phenoxy) is 1. The lowest BCUT2D eigenvalue weighted by molar-refractivity contribution is -0.147. The van der Waals surface area contributed by atoms with Gasteiger partial charge in [-0.25, -0.2) is 4.39 Å². The average Bonchev–Trinajstić information content (AvgIpc) is 2.27. The molecule has 0 spiro atoms. The van der Waals surface area contributed by atoms with Crippen LogP contribution < -0.4 is 4.74 Å². The van der Waals surface area contributed by atoms with E-state index >= 15 is 0 Å². The zero-order valence-corrected chi connectivity index (χ0v) is 11.4. The Labute approximate surface area is 117 Å². The van der Waals surface area contributed by atoms with Crippen LogP contribution in [0.5, 0.6) is 5.75 Å². The summed E-state index contributed by atoms with van der Waals surface area (Å²) in [6.07, 6.45) is 5.60. The Morgan fingerprint density at radius 3 is 2.55 bits per heavy atom. The molecule has 1 aromatic carbocycles. The number of carbonyl (C=O) groups is 1. The van der Waals surface area contributed by atoms with Crippen LogP contribution in [0.3, 0.4) is 0 Å². The summed E-state index contributed by atoms with van der Waals surface area (Å²) in [5, 5.41) is 9.36. The largest absolute Gasteiger partial charge is 0.490 e. The van der Waals surface area contributed by atoms with Gasteiger partial charge in [-0.2, -0.15) is 0 Å². The van der Waals surface area contributed by atoms with Crippen molar-refractivity contribution in [2.45, 2.75) is 43.9 Å². The first-order valence-corrected chi connectivity index (χ1v) is 7.28. The minimum Gasteiger partial charge on any atom is -0.490 e. The molecular formula is C16H19FO3. The quantitative estimate of drug-likeness (QED) is 0.896. The Balaban J connectivity index is 1.74. The van der Waals surface area contributed by atoms with Gasteiger partial charge in [0.15, 0.2) is 11.6 Å². The van der Waals surface area contributed by atoms with E-state index in [2.05, 4.69) is 0 Å². The van der Waals surface area contributed by atoms with Crippen LogP contribution in [-0.2, 0) is 10.2 Å². The molecule has 0 amide bonds. The van der Waals surface area contributed by atoms with Crippen molar-refractivity contribution in [1.82, 2.24) is 0 Å². The molecule has 2 aliphatic rings. The van der Waals surface area contributed by atoms with Gasteiger partial charge in [0.25, 0.3) is 0 Å². The van der Waals surface area contributed by atoms with E-state index in [1.807, 2.05) is 0 Å². The number of hydrogen-bond donors (Lipinski definition) is 1. The number of halogens is 1. The lowest BCUT2D eigenvalue weighted by Crippen LogP contribution is -2.42. The Bertz CT molecular complexity index is 518. The number of rotatable bonds is 5. The van der Waals surface area contributed by atoms with Crippen molar-refractivity contribution in [3.8, 4) is 5.75 Å². The fraction of sp³-hybridized carbons (Fsp3) is 0.562. The molecule has 0 aromatic heterocycles. The first-order chi connectivity index (χ1) is 9.62. The highest BCUT2D eigenvalue weighted by molar-refractivity contribution is 5.82.